The minimum absolute atomic E-state index is 0.602. The number of hydrogen-bond acceptors (Lipinski definition) is 0. The molecule has 1 aliphatic carbocycles. The van der Waals surface area contributed by atoms with Crippen molar-refractivity contribution in [2.75, 3.05) is 0 Å². The third-order valence-electron chi connectivity index (χ3n) is 1.66. The third kappa shape index (κ3) is 0.474. The largest absolute Gasteiger partial charge is 0.401 e. The van der Waals surface area contributed by atoms with Gasteiger partial charge < -0.3 is 4.42 Å². The number of aldehydes is 1. The first-order valence-corrected chi connectivity index (χ1v) is 2.95. The Morgan fingerprint density at radius 3 is 3.25 bits per heavy atom. The third-order valence-corrected chi connectivity index (χ3v) is 1.66. The van der Waals surface area contributed by atoms with Gasteiger partial charge in [-0.1, -0.05) is 12.2 Å². The summed E-state index contributed by atoms with van der Waals surface area (Å²) in [6.45, 7) is 1.89. The standard InChI is InChI=1S/C7H8O/c1-2-7-3-6(1)4-8-5-7/h1-2,4-7H,3H2. The molecule has 2 aliphatic rings. The molecular weight excluding hydrogens is 100 g/mol. The molecular formula is C7H8O. The van der Waals surface area contributed by atoms with Gasteiger partial charge in [-0.2, -0.15) is 0 Å². The van der Waals surface area contributed by atoms with Gasteiger partial charge in [-0.25, -0.2) is 0 Å². The molecule has 0 aromatic carbocycles. The molecule has 0 aromatic heterocycles. The van der Waals surface area contributed by atoms with Gasteiger partial charge in [0, 0.05) is 11.8 Å². The summed E-state index contributed by atoms with van der Waals surface area (Å²) in [7, 11) is 0. The smallest absolute Gasteiger partial charge is 0.149 e. The summed E-state index contributed by atoms with van der Waals surface area (Å²) in [5.41, 5.74) is 0. The fraction of sp³-hybridized carbons (Fsp3) is 0.429. The first-order chi connectivity index (χ1) is 3.95. The van der Waals surface area contributed by atoms with Gasteiger partial charge in [0.05, 0.1) is 0 Å². The molecule has 8 heavy (non-hydrogen) atoms. The lowest BCUT2D eigenvalue weighted by Crippen LogP contribution is -2.07. The van der Waals surface area contributed by atoms with Crippen LogP contribution in [0, 0.1) is 18.4 Å². The fourth-order valence-electron chi connectivity index (χ4n) is 1.21. The van der Waals surface area contributed by atoms with E-state index >= 15 is 0 Å². The molecule has 1 nitrogen and oxygen atoms in total. The first kappa shape index (κ1) is 4.19. The lowest BCUT2D eigenvalue weighted by Gasteiger charge is -2.08. The van der Waals surface area contributed by atoms with E-state index < -0.39 is 0 Å². The number of rotatable bonds is 0. The van der Waals surface area contributed by atoms with Crippen LogP contribution in [0.15, 0.2) is 12.2 Å². The van der Waals surface area contributed by atoms with Gasteiger partial charge in [0.15, 0.2) is 0 Å². The Labute approximate surface area is 48.7 Å². The van der Waals surface area contributed by atoms with Crippen molar-refractivity contribution in [3.05, 3.63) is 18.8 Å². The molecule has 2 bridgehead atoms. The van der Waals surface area contributed by atoms with E-state index in [4.69, 9.17) is 4.42 Å². The van der Waals surface area contributed by atoms with Crippen LogP contribution in [0.25, 0.3) is 0 Å². The van der Waals surface area contributed by atoms with E-state index in [0.717, 1.165) is 0 Å². The van der Waals surface area contributed by atoms with E-state index in [1.54, 1.807) is 0 Å². The van der Waals surface area contributed by atoms with Crippen LogP contribution in [-0.4, -0.2) is 6.29 Å². The highest BCUT2D eigenvalue weighted by molar-refractivity contribution is 5.59. The highest BCUT2D eigenvalue weighted by Crippen LogP contribution is 2.26. The second-order valence-corrected chi connectivity index (χ2v) is 2.36. The van der Waals surface area contributed by atoms with Crippen LogP contribution in [0.2, 0.25) is 0 Å². The number of allylic oxidation sites excluding steroid dienone is 1. The second kappa shape index (κ2) is 1.38. The van der Waals surface area contributed by atoms with Crippen molar-refractivity contribution in [3.8, 4) is 0 Å². The topological polar surface area (TPSA) is 11.3 Å². The maximum atomic E-state index is 5.04. The number of hydrogen-bond donors (Lipinski definition) is 0. The number of carbonyl (C=O) groups excluding carboxylic acids is 1. The molecule has 0 amide bonds. The predicted molar refractivity (Wildman–Crippen MR) is 31.1 cm³/mol. The summed E-state index contributed by atoms with van der Waals surface area (Å²) in [6, 6.07) is 0. The molecule has 0 radical (unpaired) electrons. The van der Waals surface area contributed by atoms with Crippen molar-refractivity contribution in [3.63, 3.8) is 0 Å². The summed E-state index contributed by atoms with van der Waals surface area (Å²) < 4.78 is 5.04. The first-order valence-electron chi connectivity index (χ1n) is 2.95. The van der Waals surface area contributed by atoms with Crippen molar-refractivity contribution in [2.24, 2.45) is 11.8 Å². The zero-order valence-corrected chi connectivity index (χ0v) is 4.58. The zero-order valence-electron chi connectivity index (χ0n) is 4.58. The van der Waals surface area contributed by atoms with Crippen LogP contribution in [0.1, 0.15) is 6.42 Å². The molecule has 42 valence electrons. The molecule has 0 spiro atoms. The maximum Gasteiger partial charge on any atom is 0.149 e. The summed E-state index contributed by atoms with van der Waals surface area (Å²) in [4.78, 5) is 0. The molecule has 0 saturated carbocycles. The Morgan fingerprint density at radius 1 is 1.50 bits per heavy atom. The highest BCUT2D eigenvalue weighted by Gasteiger charge is 2.21. The van der Waals surface area contributed by atoms with Crippen molar-refractivity contribution in [1.82, 2.24) is 0 Å². The second-order valence-electron chi connectivity index (χ2n) is 2.36. The molecule has 0 fully saturated rings. The minimum Gasteiger partial charge on any atom is -0.401 e. The normalized spacial score (nSPS) is 40.0. The van der Waals surface area contributed by atoms with Gasteiger partial charge in [0.2, 0.25) is 0 Å². The Balaban J connectivity index is 2.28. The molecule has 2 atom stereocenters. The van der Waals surface area contributed by atoms with Crippen LogP contribution in [0.5, 0.6) is 0 Å². The Hall–Kier alpha value is -0.720. The van der Waals surface area contributed by atoms with Gasteiger partial charge in [0.25, 0.3) is 0 Å². The van der Waals surface area contributed by atoms with Crippen molar-refractivity contribution >= 4 is 6.29 Å². The summed E-state index contributed by atoms with van der Waals surface area (Å²) in [6.07, 6.45) is 7.53. The average molecular weight is 108 g/mol. The maximum absolute atomic E-state index is 5.04. The van der Waals surface area contributed by atoms with E-state index in [2.05, 4.69) is 12.2 Å². The molecule has 1 heterocycles. The minimum atomic E-state index is 0.602. The van der Waals surface area contributed by atoms with Crippen LogP contribution >= 0.6 is 0 Å². The SMILES string of the molecule is C1=CC2[CH-][O+]=CC1C2. The summed E-state index contributed by atoms with van der Waals surface area (Å²) in [5, 5.41) is 0. The van der Waals surface area contributed by atoms with Gasteiger partial charge in [0.1, 0.15) is 12.9 Å². The average Bonchev–Trinajstić information content (AvgIpc) is 2.12. The molecule has 1 aliphatic heterocycles. The molecule has 1 heteroatoms. The van der Waals surface area contributed by atoms with E-state index in [-0.39, 0.29) is 0 Å². The van der Waals surface area contributed by atoms with Crippen LogP contribution in [0.4, 0.5) is 0 Å². The van der Waals surface area contributed by atoms with Gasteiger partial charge in [-0.3, -0.25) is 0 Å². The lowest BCUT2D eigenvalue weighted by atomic mass is 10.0. The van der Waals surface area contributed by atoms with Crippen LogP contribution in [-0.2, 0) is 4.42 Å². The van der Waals surface area contributed by atoms with Gasteiger partial charge in [-0.15, -0.1) is 0 Å². The molecule has 0 N–H and O–H groups in total. The summed E-state index contributed by atoms with van der Waals surface area (Å²) in [5.74, 6) is 1.20. The Kier molecular flexibility index (Phi) is 0.720. The molecule has 2 unspecified atom stereocenters. The fourth-order valence-corrected chi connectivity index (χ4v) is 1.21. The predicted octanol–water partition coefficient (Wildman–Crippen LogP) is 1.09. The van der Waals surface area contributed by atoms with E-state index in [1.165, 1.54) is 6.42 Å². The van der Waals surface area contributed by atoms with E-state index in [0.29, 0.717) is 11.8 Å². The highest BCUT2D eigenvalue weighted by atomic mass is 16.4. The molecule has 0 aromatic rings. The zero-order chi connectivity index (χ0) is 5.40. The van der Waals surface area contributed by atoms with Crippen LogP contribution < -0.4 is 0 Å². The number of fused-ring (bicyclic) bond motifs is 2. The lowest BCUT2D eigenvalue weighted by molar-refractivity contribution is -0.417. The monoisotopic (exact) mass is 108 g/mol. The van der Waals surface area contributed by atoms with E-state index in [9.17, 15) is 0 Å². The quantitative estimate of drug-likeness (QED) is 0.190. The van der Waals surface area contributed by atoms with Gasteiger partial charge >= 0.3 is 0 Å². The van der Waals surface area contributed by atoms with E-state index in [1.807, 2.05) is 12.9 Å². The molecule has 0 saturated heterocycles. The van der Waals surface area contributed by atoms with Crippen molar-refractivity contribution in [2.45, 2.75) is 6.42 Å². The van der Waals surface area contributed by atoms with Crippen molar-refractivity contribution < 1.29 is 4.42 Å². The van der Waals surface area contributed by atoms with Crippen molar-refractivity contribution in [1.29, 1.82) is 0 Å². The Morgan fingerprint density at radius 2 is 2.50 bits per heavy atom. The van der Waals surface area contributed by atoms with Gasteiger partial charge in [-0.05, 0) is 6.42 Å². The van der Waals surface area contributed by atoms with Crippen LogP contribution in [0.3, 0.4) is 0 Å². The molecule has 2 rings (SSSR count). The summed E-state index contributed by atoms with van der Waals surface area (Å²) >= 11 is 0. The Bertz CT molecular complexity index is 144.